The first-order valence-electron chi connectivity index (χ1n) is 8.17. The Bertz CT molecular complexity index is 923. The van der Waals surface area contributed by atoms with Crippen molar-refractivity contribution in [3.05, 3.63) is 69.6 Å². The molecule has 1 aromatic heterocycles. The molecular formula is C20H22N2O3. The third-order valence-corrected chi connectivity index (χ3v) is 4.36. The molecule has 0 amide bonds. The van der Waals surface area contributed by atoms with Crippen LogP contribution in [0.3, 0.4) is 0 Å². The van der Waals surface area contributed by atoms with Gasteiger partial charge in [0.25, 0.3) is 0 Å². The monoisotopic (exact) mass is 338 g/mol. The number of benzene rings is 1. The lowest BCUT2D eigenvalue weighted by molar-refractivity contribution is 0.104. The standard InChI is InChI=1S/C20H22N2O3/c1-20(2)11-13-5-7-15(25-4)9-16(13)17(21-20)10-18(23)14-6-8-19(24)22(3)12-14/h5-10,12,21H,11H2,1-4H3. The maximum atomic E-state index is 12.7. The molecule has 3 rings (SSSR count). The van der Waals surface area contributed by atoms with E-state index >= 15 is 0 Å². The van der Waals surface area contributed by atoms with Gasteiger partial charge in [-0.25, -0.2) is 0 Å². The predicted molar refractivity (Wildman–Crippen MR) is 97.9 cm³/mol. The average Bonchev–Trinajstić information content (AvgIpc) is 2.56. The van der Waals surface area contributed by atoms with Crippen molar-refractivity contribution in [1.29, 1.82) is 0 Å². The molecule has 2 heterocycles. The lowest BCUT2D eigenvalue weighted by Crippen LogP contribution is -2.43. The smallest absolute Gasteiger partial charge is 0.250 e. The van der Waals surface area contributed by atoms with Crippen molar-refractivity contribution in [2.45, 2.75) is 25.8 Å². The number of rotatable bonds is 3. The number of carbonyl (C=O) groups is 1. The van der Waals surface area contributed by atoms with E-state index in [4.69, 9.17) is 4.74 Å². The number of ether oxygens (including phenoxy) is 1. The third kappa shape index (κ3) is 3.50. The van der Waals surface area contributed by atoms with Crippen molar-refractivity contribution in [2.24, 2.45) is 7.05 Å². The van der Waals surface area contributed by atoms with Crippen molar-refractivity contribution in [3.8, 4) is 5.75 Å². The van der Waals surface area contributed by atoms with Gasteiger partial charge in [-0.15, -0.1) is 0 Å². The minimum absolute atomic E-state index is 0.142. The highest BCUT2D eigenvalue weighted by atomic mass is 16.5. The van der Waals surface area contributed by atoms with E-state index < -0.39 is 0 Å². The Kier molecular flexibility index (Phi) is 4.25. The van der Waals surface area contributed by atoms with Gasteiger partial charge in [-0.05, 0) is 44.0 Å². The van der Waals surface area contributed by atoms with Gasteiger partial charge >= 0.3 is 0 Å². The quantitative estimate of drug-likeness (QED) is 0.690. The minimum atomic E-state index is -0.156. The normalized spacial score (nSPS) is 16.9. The second-order valence-corrected chi connectivity index (χ2v) is 7.00. The zero-order valence-corrected chi connectivity index (χ0v) is 14.9. The summed E-state index contributed by atoms with van der Waals surface area (Å²) in [5.74, 6) is 0.602. The van der Waals surface area contributed by atoms with Crippen molar-refractivity contribution in [2.75, 3.05) is 7.11 Å². The van der Waals surface area contributed by atoms with Crippen molar-refractivity contribution < 1.29 is 9.53 Å². The number of carbonyl (C=O) groups excluding carboxylic acids is 1. The molecule has 0 saturated carbocycles. The molecule has 2 aromatic rings. The summed E-state index contributed by atoms with van der Waals surface area (Å²) in [5, 5.41) is 3.44. The highest BCUT2D eigenvalue weighted by molar-refractivity contribution is 6.08. The summed E-state index contributed by atoms with van der Waals surface area (Å²) in [6.45, 7) is 4.20. The summed E-state index contributed by atoms with van der Waals surface area (Å²) in [6.07, 6.45) is 4.01. The number of aromatic nitrogens is 1. The van der Waals surface area contributed by atoms with Gasteiger partial charge in [-0.2, -0.15) is 0 Å². The number of nitrogens with one attached hydrogen (secondary N) is 1. The Balaban J connectivity index is 2.05. The van der Waals surface area contributed by atoms with Crippen molar-refractivity contribution in [3.63, 3.8) is 0 Å². The van der Waals surface area contributed by atoms with Crippen LogP contribution in [-0.2, 0) is 13.5 Å². The Labute approximate surface area is 146 Å². The lowest BCUT2D eigenvalue weighted by atomic mass is 9.85. The molecule has 130 valence electrons. The highest BCUT2D eigenvalue weighted by Gasteiger charge is 2.28. The fraction of sp³-hybridized carbons (Fsp3) is 0.300. The van der Waals surface area contributed by atoms with Crippen molar-refractivity contribution in [1.82, 2.24) is 9.88 Å². The predicted octanol–water partition coefficient (Wildman–Crippen LogP) is 2.54. The Morgan fingerprint density at radius 1 is 1.28 bits per heavy atom. The molecule has 0 spiro atoms. The first-order valence-corrected chi connectivity index (χ1v) is 8.17. The van der Waals surface area contributed by atoms with Gasteiger partial charge in [0.1, 0.15) is 5.75 Å². The summed E-state index contributed by atoms with van der Waals surface area (Å²) in [4.78, 5) is 24.2. The van der Waals surface area contributed by atoms with Crippen LogP contribution in [0.25, 0.3) is 5.70 Å². The van der Waals surface area contributed by atoms with E-state index in [0.717, 1.165) is 23.4 Å². The first-order chi connectivity index (χ1) is 11.8. The van der Waals surface area contributed by atoms with E-state index in [9.17, 15) is 9.59 Å². The molecule has 25 heavy (non-hydrogen) atoms. The SMILES string of the molecule is COc1ccc2c(c1)C(=CC(=O)c1ccc(=O)n(C)c1)NC(C)(C)C2. The second-order valence-electron chi connectivity index (χ2n) is 7.00. The van der Waals surface area contributed by atoms with Crippen LogP contribution in [0.5, 0.6) is 5.75 Å². The molecule has 0 radical (unpaired) electrons. The maximum Gasteiger partial charge on any atom is 0.250 e. The number of ketones is 1. The van der Waals surface area contributed by atoms with Crippen LogP contribution < -0.4 is 15.6 Å². The largest absolute Gasteiger partial charge is 0.497 e. The second kappa shape index (κ2) is 6.24. The molecule has 1 N–H and O–H groups in total. The molecule has 1 aromatic carbocycles. The van der Waals surface area contributed by atoms with E-state index in [2.05, 4.69) is 19.2 Å². The number of fused-ring (bicyclic) bond motifs is 1. The summed E-state index contributed by atoms with van der Waals surface area (Å²) in [6, 6.07) is 8.88. The Morgan fingerprint density at radius 2 is 2.04 bits per heavy atom. The Hall–Kier alpha value is -2.82. The number of hydrogen-bond acceptors (Lipinski definition) is 4. The summed E-state index contributed by atoms with van der Waals surface area (Å²) >= 11 is 0. The molecule has 5 heteroatoms. The zero-order valence-electron chi connectivity index (χ0n) is 14.9. The van der Waals surface area contributed by atoms with Crippen LogP contribution in [0.2, 0.25) is 0 Å². The molecule has 0 aliphatic carbocycles. The average molecular weight is 338 g/mol. The van der Waals surface area contributed by atoms with E-state index in [1.165, 1.54) is 16.2 Å². The molecule has 0 saturated heterocycles. The van der Waals surface area contributed by atoms with E-state index in [1.807, 2.05) is 18.2 Å². The van der Waals surface area contributed by atoms with Crippen LogP contribution in [-0.4, -0.2) is 23.0 Å². The summed E-state index contributed by atoms with van der Waals surface area (Å²) in [5.41, 5.74) is 3.09. The summed E-state index contributed by atoms with van der Waals surface area (Å²) < 4.78 is 6.72. The maximum absolute atomic E-state index is 12.7. The van der Waals surface area contributed by atoms with E-state index in [1.54, 1.807) is 32.5 Å². The Morgan fingerprint density at radius 3 is 2.72 bits per heavy atom. The van der Waals surface area contributed by atoms with Gasteiger partial charge < -0.3 is 14.6 Å². The fourth-order valence-electron chi connectivity index (χ4n) is 3.11. The van der Waals surface area contributed by atoms with Crippen LogP contribution >= 0.6 is 0 Å². The fourth-order valence-corrected chi connectivity index (χ4v) is 3.11. The number of pyridine rings is 1. The van der Waals surface area contributed by atoms with Gasteiger partial charge in [0.2, 0.25) is 5.56 Å². The number of hydrogen-bond donors (Lipinski definition) is 1. The topological polar surface area (TPSA) is 60.3 Å². The highest BCUT2D eigenvalue weighted by Crippen LogP contribution is 2.32. The van der Waals surface area contributed by atoms with Crippen LogP contribution in [0.15, 0.2) is 47.4 Å². The molecule has 0 fully saturated rings. The molecule has 5 nitrogen and oxygen atoms in total. The van der Waals surface area contributed by atoms with Gasteiger partial charge in [0.05, 0.1) is 7.11 Å². The number of methoxy groups -OCH3 is 1. The number of aryl methyl sites for hydroxylation is 1. The zero-order chi connectivity index (χ0) is 18.2. The number of nitrogens with zero attached hydrogens (tertiary/aromatic N) is 1. The first kappa shape index (κ1) is 17.0. The molecular weight excluding hydrogens is 316 g/mol. The van der Waals surface area contributed by atoms with Gasteiger partial charge in [-0.3, -0.25) is 9.59 Å². The van der Waals surface area contributed by atoms with E-state index in [-0.39, 0.29) is 16.9 Å². The van der Waals surface area contributed by atoms with Gasteiger partial charge in [0, 0.05) is 47.7 Å². The number of allylic oxidation sites excluding steroid dienone is 1. The lowest BCUT2D eigenvalue weighted by Gasteiger charge is -2.35. The third-order valence-electron chi connectivity index (χ3n) is 4.36. The summed E-state index contributed by atoms with van der Waals surface area (Å²) in [7, 11) is 3.26. The van der Waals surface area contributed by atoms with Crippen molar-refractivity contribution >= 4 is 11.5 Å². The molecule has 1 aliphatic heterocycles. The molecule has 0 unspecified atom stereocenters. The minimum Gasteiger partial charge on any atom is -0.497 e. The van der Waals surface area contributed by atoms with Crippen LogP contribution in [0, 0.1) is 0 Å². The molecule has 0 atom stereocenters. The molecule has 0 bridgehead atoms. The van der Waals surface area contributed by atoms with Crippen LogP contribution in [0.1, 0.15) is 35.3 Å². The van der Waals surface area contributed by atoms with Gasteiger partial charge in [-0.1, -0.05) is 6.07 Å². The molecule has 1 aliphatic rings. The van der Waals surface area contributed by atoms with Crippen LogP contribution in [0.4, 0.5) is 0 Å². The van der Waals surface area contributed by atoms with E-state index in [0.29, 0.717) is 5.56 Å². The van der Waals surface area contributed by atoms with Gasteiger partial charge in [0.15, 0.2) is 5.78 Å².